The van der Waals surface area contributed by atoms with Gasteiger partial charge in [-0.15, -0.1) is 11.3 Å². The molecule has 1 aliphatic carbocycles. The summed E-state index contributed by atoms with van der Waals surface area (Å²) in [5.74, 6) is -0.269. The van der Waals surface area contributed by atoms with Crippen LogP contribution < -0.4 is 10.6 Å². The molecule has 2 fully saturated rings. The molecule has 1 aliphatic heterocycles. The molecule has 100 valence electrons. The zero-order valence-corrected chi connectivity index (χ0v) is 11.3. The predicted molar refractivity (Wildman–Crippen MR) is 74.1 cm³/mol. The summed E-state index contributed by atoms with van der Waals surface area (Å²) in [7, 11) is 0. The van der Waals surface area contributed by atoms with E-state index < -0.39 is 0 Å². The van der Waals surface area contributed by atoms with Gasteiger partial charge in [-0.3, -0.25) is 9.59 Å². The van der Waals surface area contributed by atoms with E-state index in [1.54, 1.807) is 6.07 Å². The van der Waals surface area contributed by atoms with E-state index in [4.69, 9.17) is 0 Å². The second-order valence-corrected chi connectivity index (χ2v) is 5.96. The predicted octanol–water partition coefficient (Wildman–Crippen LogP) is 1.85. The van der Waals surface area contributed by atoms with Gasteiger partial charge in [0.2, 0.25) is 0 Å². The van der Waals surface area contributed by atoms with E-state index in [1.807, 2.05) is 11.4 Å². The van der Waals surface area contributed by atoms with Gasteiger partial charge in [-0.05, 0) is 24.3 Å². The van der Waals surface area contributed by atoms with Gasteiger partial charge in [0.1, 0.15) is 5.70 Å². The van der Waals surface area contributed by atoms with E-state index in [0.29, 0.717) is 10.6 Å². The molecule has 3 rings (SSSR count). The zero-order valence-electron chi connectivity index (χ0n) is 10.5. The smallest absolute Gasteiger partial charge is 0.267 e. The van der Waals surface area contributed by atoms with Gasteiger partial charge >= 0.3 is 0 Å². The van der Waals surface area contributed by atoms with Crippen LogP contribution in [0.15, 0.2) is 29.3 Å². The van der Waals surface area contributed by atoms with Crippen molar-refractivity contribution < 1.29 is 9.59 Å². The highest BCUT2D eigenvalue weighted by Crippen LogP contribution is 2.22. The number of hydrogen-bond donors (Lipinski definition) is 2. The van der Waals surface area contributed by atoms with Crippen LogP contribution in [0, 0.1) is 0 Å². The summed E-state index contributed by atoms with van der Waals surface area (Å²) in [6.07, 6.45) is 5.84. The van der Waals surface area contributed by atoms with Crippen LogP contribution in [0.1, 0.15) is 35.4 Å². The number of allylic oxidation sites excluding steroid dienone is 1. The number of ketones is 1. The number of fused-ring (bicyclic) bond motifs is 1. The monoisotopic (exact) mass is 276 g/mol. The second-order valence-electron chi connectivity index (χ2n) is 5.01. The quantitative estimate of drug-likeness (QED) is 0.640. The summed E-state index contributed by atoms with van der Waals surface area (Å²) in [6, 6.07) is 4.10. The maximum Gasteiger partial charge on any atom is 0.267 e. The SMILES string of the molecule is O=C1N[C@H]2CCCC[C@H]2N/C1=C\C(=O)c1cccs1. The minimum absolute atomic E-state index is 0.109. The molecule has 1 saturated carbocycles. The third-order valence-electron chi connectivity index (χ3n) is 3.71. The summed E-state index contributed by atoms with van der Waals surface area (Å²) in [5.41, 5.74) is 0.404. The molecule has 2 N–H and O–H groups in total. The fourth-order valence-corrected chi connectivity index (χ4v) is 3.35. The largest absolute Gasteiger partial charge is 0.376 e. The number of amides is 1. The Morgan fingerprint density at radius 2 is 2.00 bits per heavy atom. The Labute approximate surface area is 115 Å². The molecular weight excluding hydrogens is 260 g/mol. The van der Waals surface area contributed by atoms with Crippen LogP contribution >= 0.6 is 11.3 Å². The van der Waals surface area contributed by atoms with Gasteiger partial charge in [0.25, 0.3) is 5.91 Å². The maximum absolute atomic E-state index is 12.0. The third kappa shape index (κ3) is 2.56. The number of hydrogen-bond acceptors (Lipinski definition) is 4. The summed E-state index contributed by atoms with van der Waals surface area (Å²) in [4.78, 5) is 24.6. The minimum atomic E-state index is -0.159. The first-order chi connectivity index (χ1) is 9.24. The van der Waals surface area contributed by atoms with Crippen molar-refractivity contribution in [1.82, 2.24) is 10.6 Å². The summed E-state index contributed by atoms with van der Waals surface area (Å²) < 4.78 is 0. The van der Waals surface area contributed by atoms with Gasteiger partial charge in [0, 0.05) is 18.2 Å². The highest BCUT2D eigenvalue weighted by molar-refractivity contribution is 7.12. The standard InChI is InChI=1S/C14H16N2O2S/c17-12(13-6-3-7-19-13)8-11-14(18)16-10-5-2-1-4-9(10)15-11/h3,6-10,15H,1-2,4-5H2,(H,16,18)/b11-8-/t9-,10+/m1/s1. The Morgan fingerprint density at radius 3 is 2.68 bits per heavy atom. The topological polar surface area (TPSA) is 58.2 Å². The molecule has 19 heavy (non-hydrogen) atoms. The number of thiophene rings is 1. The molecular formula is C14H16N2O2S. The van der Waals surface area contributed by atoms with Gasteiger partial charge in [0.15, 0.2) is 5.78 Å². The lowest BCUT2D eigenvalue weighted by Gasteiger charge is -2.38. The van der Waals surface area contributed by atoms with Crippen molar-refractivity contribution in [3.8, 4) is 0 Å². The molecule has 5 heteroatoms. The molecule has 1 saturated heterocycles. The number of carbonyl (C=O) groups excluding carboxylic acids is 2. The lowest BCUT2D eigenvalue weighted by Crippen LogP contribution is -2.58. The van der Waals surface area contributed by atoms with E-state index in [-0.39, 0.29) is 23.8 Å². The van der Waals surface area contributed by atoms with Gasteiger partial charge in [0.05, 0.1) is 4.88 Å². The first kappa shape index (κ1) is 12.4. The molecule has 1 aromatic rings. The molecule has 0 radical (unpaired) electrons. The van der Waals surface area contributed by atoms with Crippen molar-refractivity contribution in [1.29, 1.82) is 0 Å². The second kappa shape index (κ2) is 5.17. The molecule has 2 atom stereocenters. The van der Waals surface area contributed by atoms with Gasteiger partial charge in [-0.1, -0.05) is 18.9 Å². The van der Waals surface area contributed by atoms with Crippen molar-refractivity contribution in [2.45, 2.75) is 37.8 Å². The molecule has 0 spiro atoms. The molecule has 4 nitrogen and oxygen atoms in total. The van der Waals surface area contributed by atoms with Crippen molar-refractivity contribution in [2.24, 2.45) is 0 Å². The third-order valence-corrected chi connectivity index (χ3v) is 4.59. The summed E-state index contributed by atoms with van der Waals surface area (Å²) in [6.45, 7) is 0. The first-order valence-corrected chi connectivity index (χ1v) is 7.49. The van der Waals surface area contributed by atoms with Crippen molar-refractivity contribution in [2.75, 3.05) is 0 Å². The number of nitrogens with one attached hydrogen (secondary N) is 2. The lowest BCUT2D eigenvalue weighted by atomic mass is 9.88. The molecule has 0 bridgehead atoms. The van der Waals surface area contributed by atoms with Crippen LogP contribution in [0.25, 0.3) is 0 Å². The Balaban J connectivity index is 1.77. The summed E-state index contributed by atoms with van der Waals surface area (Å²) >= 11 is 1.39. The number of rotatable bonds is 2. The van der Waals surface area contributed by atoms with Crippen LogP contribution in [-0.2, 0) is 4.79 Å². The van der Waals surface area contributed by atoms with Crippen LogP contribution in [0.5, 0.6) is 0 Å². The van der Waals surface area contributed by atoms with Crippen LogP contribution in [0.3, 0.4) is 0 Å². The molecule has 2 aliphatic rings. The molecule has 0 aromatic carbocycles. The van der Waals surface area contributed by atoms with Gasteiger partial charge in [-0.2, -0.15) is 0 Å². The van der Waals surface area contributed by atoms with Crippen molar-refractivity contribution in [3.63, 3.8) is 0 Å². The van der Waals surface area contributed by atoms with Crippen molar-refractivity contribution >= 4 is 23.0 Å². The fraction of sp³-hybridized carbons (Fsp3) is 0.429. The van der Waals surface area contributed by atoms with Crippen LogP contribution in [0.4, 0.5) is 0 Å². The van der Waals surface area contributed by atoms with Crippen LogP contribution in [0.2, 0.25) is 0 Å². The van der Waals surface area contributed by atoms with E-state index in [0.717, 1.165) is 19.3 Å². The fourth-order valence-electron chi connectivity index (χ4n) is 2.72. The van der Waals surface area contributed by atoms with E-state index >= 15 is 0 Å². The Hall–Kier alpha value is -1.62. The molecule has 0 unspecified atom stereocenters. The van der Waals surface area contributed by atoms with E-state index in [1.165, 1.54) is 23.8 Å². The van der Waals surface area contributed by atoms with Crippen molar-refractivity contribution in [3.05, 3.63) is 34.2 Å². The lowest BCUT2D eigenvalue weighted by molar-refractivity contribution is -0.120. The normalized spacial score (nSPS) is 28.4. The minimum Gasteiger partial charge on any atom is -0.376 e. The average molecular weight is 276 g/mol. The molecule has 1 amide bonds. The number of piperazine rings is 1. The Morgan fingerprint density at radius 1 is 1.26 bits per heavy atom. The zero-order chi connectivity index (χ0) is 13.2. The van der Waals surface area contributed by atoms with E-state index in [2.05, 4.69) is 10.6 Å². The maximum atomic E-state index is 12.0. The number of carbonyl (C=O) groups is 2. The molecule has 2 heterocycles. The van der Waals surface area contributed by atoms with Gasteiger partial charge in [-0.25, -0.2) is 0 Å². The highest BCUT2D eigenvalue weighted by atomic mass is 32.1. The highest BCUT2D eigenvalue weighted by Gasteiger charge is 2.33. The Kier molecular flexibility index (Phi) is 3.38. The van der Waals surface area contributed by atoms with Gasteiger partial charge < -0.3 is 10.6 Å². The Bertz CT molecular complexity index is 522. The average Bonchev–Trinajstić information content (AvgIpc) is 2.93. The molecule has 1 aromatic heterocycles. The van der Waals surface area contributed by atoms with E-state index in [9.17, 15) is 9.59 Å². The first-order valence-electron chi connectivity index (χ1n) is 6.61. The van der Waals surface area contributed by atoms with Crippen LogP contribution in [-0.4, -0.2) is 23.8 Å². The summed E-state index contributed by atoms with van der Waals surface area (Å²) in [5, 5.41) is 8.09.